The number of carbonyl (C=O) groups excluding carboxylic acids is 1. The summed E-state index contributed by atoms with van der Waals surface area (Å²) < 4.78 is 13.5. The Hall–Kier alpha value is -3.03. The lowest BCUT2D eigenvalue weighted by Crippen LogP contribution is -2.48. The Morgan fingerprint density at radius 2 is 2.20 bits per heavy atom. The van der Waals surface area contributed by atoms with Crippen LogP contribution >= 0.6 is 0 Å². The number of halogens is 1. The van der Waals surface area contributed by atoms with Crippen molar-refractivity contribution in [2.75, 3.05) is 11.9 Å². The number of nitrogens with one attached hydrogen (secondary N) is 3. The van der Waals surface area contributed by atoms with E-state index in [1.165, 1.54) is 6.07 Å². The minimum absolute atomic E-state index is 0. The molecule has 0 aliphatic rings. The number of rotatable bonds is 5. The molecule has 0 atom stereocenters. The van der Waals surface area contributed by atoms with Crippen LogP contribution in [0.15, 0.2) is 30.7 Å². The van der Waals surface area contributed by atoms with Gasteiger partial charge in [0, 0.05) is 31.3 Å². The van der Waals surface area contributed by atoms with Crippen LogP contribution < -0.4 is 10.6 Å². The van der Waals surface area contributed by atoms with Gasteiger partial charge in [-0.3, -0.25) is 4.79 Å². The highest BCUT2D eigenvalue weighted by atomic mass is 19.1. The molecule has 3 rings (SSSR count). The topological polar surface area (TPSA) is 95.6 Å². The fourth-order valence-corrected chi connectivity index (χ4v) is 2.48. The molecule has 25 heavy (non-hydrogen) atoms. The largest absolute Gasteiger partial charge is 0.356 e. The number of likely N-dealkylation sites (N-methyl/N-ethyl adjacent to an activating group) is 1. The van der Waals surface area contributed by atoms with Gasteiger partial charge in [-0.25, -0.2) is 19.3 Å². The molecule has 3 aromatic rings. The molecule has 0 unspecified atom stereocenters. The summed E-state index contributed by atoms with van der Waals surface area (Å²) in [4.78, 5) is 27.8. The zero-order valence-electron chi connectivity index (χ0n) is 14.2. The minimum Gasteiger partial charge on any atom is -0.356 e. The zero-order chi connectivity index (χ0) is 18.0. The van der Waals surface area contributed by atoms with E-state index in [2.05, 4.69) is 30.6 Å². The van der Waals surface area contributed by atoms with Gasteiger partial charge in [-0.1, -0.05) is 0 Å². The van der Waals surface area contributed by atoms with Crippen LogP contribution in [0, 0.1) is 5.82 Å². The molecule has 0 bridgehead atoms. The van der Waals surface area contributed by atoms with Crippen LogP contribution in [0.4, 0.5) is 10.2 Å². The molecule has 0 fully saturated rings. The number of fused-ring (bicyclic) bond motifs is 1. The SMILES string of the molecule is CCNC(=O)C(C)(C)Nc1ccnc(-c2c[nH]c3ncc(F)cc23)n1.[HH]. The van der Waals surface area contributed by atoms with Crippen LogP contribution in [0.5, 0.6) is 0 Å². The number of nitrogens with zero attached hydrogens (tertiary/aromatic N) is 3. The van der Waals surface area contributed by atoms with E-state index in [9.17, 15) is 9.18 Å². The molecule has 0 spiro atoms. The van der Waals surface area contributed by atoms with E-state index in [1.807, 2.05) is 6.92 Å². The Morgan fingerprint density at radius 1 is 1.40 bits per heavy atom. The van der Waals surface area contributed by atoms with Crippen molar-refractivity contribution in [2.24, 2.45) is 0 Å². The quantitative estimate of drug-likeness (QED) is 0.661. The molecule has 7 nitrogen and oxygen atoms in total. The van der Waals surface area contributed by atoms with E-state index in [0.717, 1.165) is 6.20 Å². The van der Waals surface area contributed by atoms with Gasteiger partial charge in [0.05, 0.1) is 6.20 Å². The fourth-order valence-electron chi connectivity index (χ4n) is 2.48. The third-order valence-electron chi connectivity index (χ3n) is 3.74. The van der Waals surface area contributed by atoms with Gasteiger partial charge in [0.25, 0.3) is 0 Å². The predicted molar refractivity (Wildman–Crippen MR) is 95.6 cm³/mol. The first kappa shape index (κ1) is 16.8. The van der Waals surface area contributed by atoms with Gasteiger partial charge in [0.15, 0.2) is 5.82 Å². The van der Waals surface area contributed by atoms with Crippen LogP contribution in [0.2, 0.25) is 0 Å². The van der Waals surface area contributed by atoms with Gasteiger partial charge < -0.3 is 15.6 Å². The number of aromatic amines is 1. The number of hydrogen-bond donors (Lipinski definition) is 3. The number of pyridine rings is 1. The molecule has 0 aliphatic carbocycles. The summed E-state index contributed by atoms with van der Waals surface area (Å²) >= 11 is 0. The standard InChI is InChI=1S/C17H19FN6O.H2/c1-4-19-16(25)17(2,3)24-13-5-6-20-15(23-13)12-9-22-14-11(12)7-10(18)8-21-14;/h5-9H,4H2,1-3H3,(H,19,25)(H,21,22)(H,20,23,24);1H. The van der Waals surface area contributed by atoms with E-state index in [1.54, 1.807) is 32.3 Å². The molecule has 8 heteroatoms. The lowest BCUT2D eigenvalue weighted by atomic mass is 10.0. The second-order valence-corrected chi connectivity index (χ2v) is 6.13. The molecule has 3 N–H and O–H groups in total. The Morgan fingerprint density at radius 3 is 2.96 bits per heavy atom. The Bertz CT molecular complexity index is 927. The van der Waals surface area contributed by atoms with Gasteiger partial charge in [-0.2, -0.15) is 0 Å². The molecule has 0 radical (unpaired) electrons. The number of carbonyl (C=O) groups is 1. The van der Waals surface area contributed by atoms with Crippen LogP contribution in [0.3, 0.4) is 0 Å². The van der Waals surface area contributed by atoms with Crippen molar-refractivity contribution < 1.29 is 10.6 Å². The van der Waals surface area contributed by atoms with E-state index >= 15 is 0 Å². The summed E-state index contributed by atoms with van der Waals surface area (Å²) in [6.45, 7) is 5.95. The van der Waals surface area contributed by atoms with Crippen molar-refractivity contribution in [3.63, 3.8) is 0 Å². The Kier molecular flexibility index (Phi) is 4.35. The molecular weight excluding hydrogens is 323 g/mol. The van der Waals surface area contributed by atoms with Crippen molar-refractivity contribution in [1.29, 1.82) is 0 Å². The van der Waals surface area contributed by atoms with Gasteiger partial charge in [0.2, 0.25) is 5.91 Å². The van der Waals surface area contributed by atoms with E-state index in [0.29, 0.717) is 34.8 Å². The summed E-state index contributed by atoms with van der Waals surface area (Å²) in [7, 11) is 0. The Labute approximate surface area is 145 Å². The first-order valence-electron chi connectivity index (χ1n) is 7.93. The van der Waals surface area contributed by atoms with Crippen LogP contribution in [0.1, 0.15) is 22.2 Å². The van der Waals surface area contributed by atoms with Gasteiger partial charge >= 0.3 is 0 Å². The average molecular weight is 344 g/mol. The zero-order valence-corrected chi connectivity index (χ0v) is 14.2. The van der Waals surface area contributed by atoms with E-state index in [4.69, 9.17) is 0 Å². The normalized spacial score (nSPS) is 11.5. The molecule has 0 aliphatic heterocycles. The number of hydrogen-bond acceptors (Lipinski definition) is 5. The first-order valence-corrected chi connectivity index (χ1v) is 7.93. The summed E-state index contributed by atoms with van der Waals surface area (Å²) in [6, 6.07) is 3.06. The van der Waals surface area contributed by atoms with Crippen molar-refractivity contribution in [1.82, 2.24) is 25.3 Å². The van der Waals surface area contributed by atoms with Crippen LogP contribution in [-0.2, 0) is 4.79 Å². The maximum absolute atomic E-state index is 13.5. The molecule has 0 saturated heterocycles. The molecule has 1 amide bonds. The van der Waals surface area contributed by atoms with Crippen molar-refractivity contribution in [3.8, 4) is 11.4 Å². The number of anilines is 1. The highest BCUT2D eigenvalue weighted by molar-refractivity contribution is 5.92. The van der Waals surface area contributed by atoms with Crippen molar-refractivity contribution in [2.45, 2.75) is 26.3 Å². The lowest BCUT2D eigenvalue weighted by Gasteiger charge is -2.25. The third-order valence-corrected chi connectivity index (χ3v) is 3.74. The van der Waals surface area contributed by atoms with Gasteiger partial charge in [-0.05, 0) is 32.9 Å². The molecule has 0 saturated carbocycles. The number of H-pyrrole nitrogens is 1. The fraction of sp³-hybridized carbons (Fsp3) is 0.294. The average Bonchev–Trinajstić information content (AvgIpc) is 2.98. The first-order chi connectivity index (χ1) is 11.9. The van der Waals surface area contributed by atoms with Gasteiger partial charge in [0.1, 0.15) is 22.8 Å². The lowest BCUT2D eigenvalue weighted by molar-refractivity contribution is -0.124. The number of amides is 1. The van der Waals surface area contributed by atoms with Crippen molar-refractivity contribution in [3.05, 3.63) is 36.5 Å². The van der Waals surface area contributed by atoms with E-state index in [-0.39, 0.29) is 7.33 Å². The summed E-state index contributed by atoms with van der Waals surface area (Å²) in [5.74, 6) is 0.351. The third kappa shape index (κ3) is 3.42. The molecule has 3 heterocycles. The summed E-state index contributed by atoms with van der Waals surface area (Å²) in [5, 5.41) is 6.48. The monoisotopic (exact) mass is 344 g/mol. The van der Waals surface area contributed by atoms with Crippen LogP contribution in [-0.4, -0.2) is 37.9 Å². The minimum atomic E-state index is -0.838. The molecular formula is C17H21FN6O. The smallest absolute Gasteiger partial charge is 0.245 e. The summed E-state index contributed by atoms with van der Waals surface area (Å²) in [6.07, 6.45) is 4.42. The van der Waals surface area contributed by atoms with E-state index < -0.39 is 11.4 Å². The number of aromatic nitrogens is 4. The second kappa shape index (κ2) is 6.46. The second-order valence-electron chi connectivity index (χ2n) is 6.13. The van der Waals surface area contributed by atoms with Gasteiger partial charge in [-0.15, -0.1) is 0 Å². The molecule has 132 valence electrons. The maximum Gasteiger partial charge on any atom is 0.245 e. The molecule has 0 aromatic carbocycles. The van der Waals surface area contributed by atoms with Crippen molar-refractivity contribution >= 4 is 22.8 Å². The molecule has 3 aromatic heterocycles. The summed E-state index contributed by atoms with van der Waals surface area (Å²) in [5.41, 5.74) is 0.359. The maximum atomic E-state index is 13.5. The van der Waals surface area contributed by atoms with Crippen LogP contribution in [0.25, 0.3) is 22.4 Å². The predicted octanol–water partition coefficient (Wildman–Crippen LogP) is 2.73. The highest BCUT2D eigenvalue weighted by Gasteiger charge is 2.27. The highest BCUT2D eigenvalue weighted by Crippen LogP contribution is 2.26. The Balaban J connectivity index is 0.00000243.